The van der Waals surface area contributed by atoms with Crippen molar-refractivity contribution in [2.24, 2.45) is 0 Å². The highest BCUT2D eigenvalue weighted by Gasteiger charge is 2.44. The first-order valence-electron chi connectivity index (χ1n) is 8.15. The van der Waals surface area contributed by atoms with Crippen molar-refractivity contribution in [3.05, 3.63) is 51.3 Å². The summed E-state index contributed by atoms with van der Waals surface area (Å²) in [7, 11) is 0. The van der Waals surface area contributed by atoms with Crippen molar-refractivity contribution >= 4 is 11.6 Å². The van der Waals surface area contributed by atoms with E-state index in [1.165, 1.54) is 12.3 Å². The molecule has 2 aliphatic rings. The molecule has 0 atom stereocenters. The fraction of sp³-hybridized carbons (Fsp3) is 0.353. The number of aromatic amines is 1. The lowest BCUT2D eigenvalue weighted by Gasteiger charge is -2.21. The van der Waals surface area contributed by atoms with Crippen molar-refractivity contribution in [3.63, 3.8) is 0 Å². The molecule has 1 saturated carbocycles. The summed E-state index contributed by atoms with van der Waals surface area (Å²) in [6.07, 6.45) is 5.15. The van der Waals surface area contributed by atoms with E-state index in [-0.39, 0.29) is 12.5 Å². The number of nitrogens with one attached hydrogen (secondary N) is 2. The summed E-state index contributed by atoms with van der Waals surface area (Å²) in [5, 5.41) is 2.71. The lowest BCUT2D eigenvalue weighted by Crippen LogP contribution is -2.34. The number of carbonyl (C=O) groups is 1. The van der Waals surface area contributed by atoms with Crippen LogP contribution < -0.4 is 26.0 Å². The van der Waals surface area contributed by atoms with Crippen LogP contribution in [0.4, 0.5) is 5.69 Å². The lowest BCUT2D eigenvalue weighted by atomic mass is 10.2. The van der Waals surface area contributed by atoms with Crippen LogP contribution in [0.15, 0.2) is 40.1 Å². The molecule has 8 nitrogen and oxygen atoms in total. The average Bonchev–Trinajstić information content (AvgIpc) is 3.16. The number of anilines is 1. The highest BCUT2D eigenvalue weighted by molar-refractivity contribution is 5.91. The van der Waals surface area contributed by atoms with E-state index >= 15 is 0 Å². The SMILES string of the molecule is O=C(Cn1ccc(=O)[nH]c1=O)Nc1ccc2c(c1)OC1(CCCC1)O2. The number of amides is 1. The molecule has 1 aliphatic carbocycles. The Morgan fingerprint density at radius 3 is 2.68 bits per heavy atom. The van der Waals surface area contributed by atoms with E-state index in [9.17, 15) is 14.4 Å². The van der Waals surface area contributed by atoms with Crippen molar-refractivity contribution in [1.29, 1.82) is 0 Å². The normalized spacial score (nSPS) is 17.0. The van der Waals surface area contributed by atoms with Gasteiger partial charge in [-0.1, -0.05) is 0 Å². The quantitative estimate of drug-likeness (QED) is 0.872. The van der Waals surface area contributed by atoms with Crippen LogP contribution in [0, 0.1) is 0 Å². The van der Waals surface area contributed by atoms with Crippen LogP contribution >= 0.6 is 0 Å². The van der Waals surface area contributed by atoms with Crippen LogP contribution in [-0.2, 0) is 11.3 Å². The van der Waals surface area contributed by atoms with Crippen LogP contribution in [0.1, 0.15) is 25.7 Å². The zero-order valence-corrected chi connectivity index (χ0v) is 13.4. The predicted molar refractivity (Wildman–Crippen MR) is 88.8 cm³/mol. The van der Waals surface area contributed by atoms with Crippen molar-refractivity contribution in [2.45, 2.75) is 38.0 Å². The minimum atomic E-state index is -0.628. The number of H-pyrrole nitrogens is 1. The Balaban J connectivity index is 1.46. The van der Waals surface area contributed by atoms with Crippen LogP contribution in [0.25, 0.3) is 0 Å². The monoisotopic (exact) mass is 343 g/mol. The molecule has 25 heavy (non-hydrogen) atoms. The molecule has 2 aromatic rings. The first-order chi connectivity index (χ1) is 12.0. The van der Waals surface area contributed by atoms with E-state index in [2.05, 4.69) is 10.3 Å². The molecular weight excluding hydrogens is 326 g/mol. The molecule has 1 spiro atoms. The van der Waals surface area contributed by atoms with Gasteiger partial charge < -0.3 is 14.8 Å². The number of rotatable bonds is 3. The van der Waals surface area contributed by atoms with Gasteiger partial charge in [0.25, 0.3) is 11.3 Å². The second-order valence-electron chi connectivity index (χ2n) is 6.27. The summed E-state index contributed by atoms with van der Waals surface area (Å²) < 4.78 is 13.0. The van der Waals surface area contributed by atoms with Crippen molar-refractivity contribution < 1.29 is 14.3 Å². The highest BCUT2D eigenvalue weighted by Crippen LogP contribution is 2.47. The Kier molecular flexibility index (Phi) is 3.60. The predicted octanol–water partition coefficient (Wildman–Crippen LogP) is 1.22. The van der Waals surface area contributed by atoms with Crippen LogP contribution in [0.5, 0.6) is 11.5 Å². The smallest absolute Gasteiger partial charge is 0.328 e. The van der Waals surface area contributed by atoms with Gasteiger partial charge in [-0.15, -0.1) is 0 Å². The molecule has 0 saturated heterocycles. The molecule has 1 aromatic carbocycles. The number of hydrogen-bond acceptors (Lipinski definition) is 5. The Labute approximate surface area is 142 Å². The molecule has 2 N–H and O–H groups in total. The molecule has 8 heteroatoms. The van der Waals surface area contributed by atoms with Crippen molar-refractivity contribution in [2.75, 3.05) is 5.32 Å². The summed E-state index contributed by atoms with van der Waals surface area (Å²) in [5.74, 6) is 0.357. The maximum Gasteiger partial charge on any atom is 0.328 e. The van der Waals surface area contributed by atoms with Gasteiger partial charge in [0.15, 0.2) is 11.5 Å². The first kappa shape index (κ1) is 15.5. The summed E-state index contributed by atoms with van der Waals surface area (Å²) >= 11 is 0. The van der Waals surface area contributed by atoms with Crippen molar-refractivity contribution in [3.8, 4) is 11.5 Å². The van der Waals surface area contributed by atoms with E-state index in [0.717, 1.165) is 30.3 Å². The topological polar surface area (TPSA) is 102 Å². The minimum Gasteiger partial charge on any atom is -0.448 e. The number of fused-ring (bicyclic) bond motifs is 1. The van der Waals surface area contributed by atoms with E-state index in [4.69, 9.17) is 9.47 Å². The van der Waals surface area contributed by atoms with Gasteiger partial charge in [0.2, 0.25) is 5.91 Å². The fourth-order valence-electron chi connectivity index (χ4n) is 3.21. The van der Waals surface area contributed by atoms with Gasteiger partial charge >= 0.3 is 5.69 Å². The molecule has 1 fully saturated rings. The largest absolute Gasteiger partial charge is 0.448 e. The van der Waals surface area contributed by atoms with E-state index in [1.54, 1.807) is 18.2 Å². The van der Waals surface area contributed by atoms with Gasteiger partial charge in [0.1, 0.15) is 6.54 Å². The highest BCUT2D eigenvalue weighted by atomic mass is 16.7. The van der Waals surface area contributed by atoms with E-state index in [1.807, 2.05) is 0 Å². The molecule has 2 heterocycles. The maximum atomic E-state index is 12.1. The zero-order chi connectivity index (χ0) is 17.4. The van der Waals surface area contributed by atoms with Crippen LogP contribution in [-0.4, -0.2) is 21.2 Å². The Morgan fingerprint density at radius 2 is 1.92 bits per heavy atom. The molecule has 1 amide bonds. The molecule has 0 bridgehead atoms. The molecule has 4 rings (SSSR count). The van der Waals surface area contributed by atoms with Crippen LogP contribution in [0.3, 0.4) is 0 Å². The molecule has 1 aliphatic heterocycles. The van der Waals surface area contributed by atoms with Gasteiger partial charge in [-0.2, -0.15) is 0 Å². The molecule has 0 radical (unpaired) electrons. The number of nitrogens with zero attached hydrogens (tertiary/aromatic N) is 1. The number of hydrogen-bond donors (Lipinski definition) is 2. The summed E-state index contributed by atoms with van der Waals surface area (Å²) in [6, 6.07) is 6.40. The Morgan fingerprint density at radius 1 is 1.16 bits per heavy atom. The second-order valence-corrected chi connectivity index (χ2v) is 6.27. The van der Waals surface area contributed by atoms with Crippen molar-refractivity contribution in [1.82, 2.24) is 9.55 Å². The number of carbonyl (C=O) groups excluding carboxylic acids is 1. The Bertz CT molecular complexity index is 940. The summed E-state index contributed by atoms with van der Waals surface area (Å²) in [6.45, 7) is -0.200. The molecule has 130 valence electrons. The Hall–Kier alpha value is -3.03. The lowest BCUT2D eigenvalue weighted by molar-refractivity contribution is -0.116. The third kappa shape index (κ3) is 3.02. The number of aromatic nitrogens is 2. The number of ether oxygens (including phenoxy) is 2. The second kappa shape index (κ2) is 5.80. The fourth-order valence-corrected chi connectivity index (χ4v) is 3.21. The van der Waals surface area contributed by atoms with Gasteiger partial charge in [-0.3, -0.25) is 19.1 Å². The van der Waals surface area contributed by atoms with Gasteiger partial charge in [0.05, 0.1) is 0 Å². The maximum absolute atomic E-state index is 12.1. The first-order valence-corrected chi connectivity index (χ1v) is 8.15. The van der Waals surface area contributed by atoms with E-state index < -0.39 is 17.0 Å². The summed E-state index contributed by atoms with van der Waals surface area (Å²) in [4.78, 5) is 36.9. The zero-order valence-electron chi connectivity index (χ0n) is 13.4. The van der Waals surface area contributed by atoms with Gasteiger partial charge in [-0.25, -0.2) is 4.79 Å². The summed E-state index contributed by atoms with van der Waals surface area (Å²) in [5.41, 5.74) is -0.574. The number of benzene rings is 1. The van der Waals surface area contributed by atoms with Crippen LogP contribution in [0.2, 0.25) is 0 Å². The third-order valence-electron chi connectivity index (χ3n) is 4.40. The van der Waals surface area contributed by atoms with E-state index in [0.29, 0.717) is 17.2 Å². The third-order valence-corrected chi connectivity index (χ3v) is 4.40. The average molecular weight is 343 g/mol. The standard InChI is InChI=1S/C17H17N3O5/c21-14-5-8-20(16(23)19-14)10-15(22)18-11-3-4-12-13(9-11)25-17(24-12)6-1-2-7-17/h3-5,8-9H,1-2,6-7,10H2,(H,18,22)(H,19,21,23). The van der Waals surface area contributed by atoms with Gasteiger partial charge in [0, 0.05) is 36.9 Å². The van der Waals surface area contributed by atoms with Gasteiger partial charge in [-0.05, 0) is 25.0 Å². The minimum absolute atomic E-state index is 0.200. The molecular formula is C17H17N3O5. The molecule has 0 unspecified atom stereocenters. The molecule has 1 aromatic heterocycles.